The highest BCUT2D eigenvalue weighted by Crippen LogP contribution is 2.66. The summed E-state index contributed by atoms with van der Waals surface area (Å²) < 4.78 is 16.4. The summed E-state index contributed by atoms with van der Waals surface area (Å²) in [6.07, 6.45) is 0. The minimum atomic E-state index is -1.63. The lowest BCUT2D eigenvalue weighted by atomic mass is 9.67. The molecule has 680 valence electrons. The third-order valence-corrected chi connectivity index (χ3v) is 35.9. The normalized spacial score (nSPS) is 13.4. The summed E-state index contributed by atoms with van der Waals surface area (Å²) in [4.78, 5) is 5.02. The van der Waals surface area contributed by atoms with Crippen LogP contribution >= 0.6 is 31.9 Å². The fourth-order valence-electron chi connectivity index (χ4n) is 21.2. The largest absolute Gasteiger partial charge is 0.455 e. The zero-order chi connectivity index (χ0) is 95.6. The Labute approximate surface area is 828 Å². The molecule has 2 heterocycles. The fraction of sp³-hybridized carbons (Fsp3) is 0.181. The van der Waals surface area contributed by atoms with Crippen molar-refractivity contribution < 1.29 is 8.83 Å². The quantitative estimate of drug-likeness (QED) is 0.104. The molecule has 1 N–H and O–H groups in total. The van der Waals surface area contributed by atoms with Crippen molar-refractivity contribution in [3.8, 4) is 22.3 Å². The second-order valence-electron chi connectivity index (χ2n) is 43.5. The first kappa shape index (κ1) is 91.8. The second-order valence-corrected chi connectivity index (χ2v) is 60.4. The molecule has 2 aromatic heterocycles. The smallest absolute Gasteiger partial charge is 0.145 e. The minimum Gasteiger partial charge on any atom is -0.455 e. The molecular weight excluding hydrogens is 1840 g/mol. The van der Waals surface area contributed by atoms with E-state index in [-0.39, 0.29) is 16.2 Å². The van der Waals surface area contributed by atoms with Gasteiger partial charge >= 0.3 is 0 Å². The molecule has 0 radical (unpaired) electrons. The first-order valence-corrected chi connectivity index (χ1v) is 60.3. The molecule has 0 saturated carbocycles. The second kappa shape index (κ2) is 35.3. The van der Waals surface area contributed by atoms with E-state index in [1.165, 1.54) is 115 Å². The molecule has 0 spiro atoms. The predicted octanol–water partition coefficient (Wildman–Crippen LogP) is 35.6. The zero-order valence-electron chi connectivity index (χ0n) is 81.9. The van der Waals surface area contributed by atoms with E-state index in [0.29, 0.717) is 0 Å². The average Bonchev–Trinajstić information content (AvgIpc) is 1.52. The van der Waals surface area contributed by atoms with Crippen LogP contribution in [0.5, 0.6) is 0 Å². The van der Waals surface area contributed by atoms with E-state index in [9.17, 15) is 0 Å². The topological polar surface area (TPSA) is 44.8 Å². The number of nitrogens with one attached hydrogen (secondary N) is 1. The number of fused-ring (bicyclic) bond motifs is 18. The van der Waals surface area contributed by atoms with Gasteiger partial charge in [0.15, 0.2) is 0 Å². The predicted molar refractivity (Wildman–Crippen MR) is 603 cm³/mol. The highest BCUT2D eigenvalue weighted by atomic mass is 79.9. The van der Waals surface area contributed by atoms with Crippen molar-refractivity contribution in [2.75, 3.05) is 15.1 Å². The van der Waals surface area contributed by atoms with Crippen molar-refractivity contribution in [1.82, 2.24) is 0 Å². The summed E-state index contributed by atoms with van der Waals surface area (Å²) in [6.45, 7) is 42.2. The average molecular weight is 1960 g/mol. The summed E-state index contributed by atoms with van der Waals surface area (Å²) in [5, 5.41) is 17.0. The van der Waals surface area contributed by atoms with Crippen LogP contribution in [0.4, 0.5) is 45.5 Å². The van der Waals surface area contributed by atoms with Gasteiger partial charge in [0, 0.05) is 75.7 Å². The number of benzene rings is 18. The molecule has 22 rings (SSSR count). The van der Waals surface area contributed by atoms with Gasteiger partial charge in [-0.15, -0.1) is 0 Å². The van der Waals surface area contributed by atoms with Gasteiger partial charge in [-0.1, -0.05) is 448 Å². The van der Waals surface area contributed by atoms with E-state index in [2.05, 4.69) is 550 Å². The number of furan rings is 2. The SMILES string of the molecule is Brc1cc2c(c3ccccc13)-c1c(cc(Br)c3c1oc1ccccc13)C2(c1ccccc1)c1ccccc1.CC(C)(C)c1ccc(N(c2ccc([Si](C)(C)C)cc2)c2cc3c(c4ccccc24)-c2c(cc(N(c4ccc(C(C)(C)C)cc4)c4ccc([Si](C)(C)C)cc4)c4c2oc2ccccc24)C3(c2ccccc2)c2ccccc2)cc1.CC(C)(C)c1ccc(Nc2ccc([Si](C)(C)C)cc2)cc1. The van der Waals surface area contributed by atoms with Crippen molar-refractivity contribution in [3.05, 3.63) is 458 Å². The molecular formula is C127H119Br2N3O2Si3. The standard InChI is InChI=1S/C73H72N2OSi2.C35H20Br2O.C19H27NSi/c1-71(2,3)49-31-35-53(36-32-49)74(55-39-43-57(44-40-55)77(7,8)9)64-47-62-67(60-28-20-19-27-59(60)64)69-63(73(62,51-23-15-13-16-24-51)52-25-17-14-18-26-52)48-65(68-61-29-21-22-30-66(61)76-70(68)69)75(54-37-33-50(34-38-54)72(4,5)6)56-41-45-58(46-42-56)78(10,11)12;36-28-19-26-31(24-16-8-7-15-23(24)28)33-27(20-29(37)32-25-17-9-10-18-30(25)38-34(32)33)35(26,21-11-3-1-4-12-21)22-13-5-2-6-14-22;1-19(2,3)15-7-9-16(10-8-15)20-17-11-13-18(14-12-17)21(4,5)6/h13-48H,1-12H3;1-20H;7-14,20H,1-6H3. The lowest BCUT2D eigenvalue weighted by Crippen LogP contribution is -2.37. The van der Waals surface area contributed by atoms with Gasteiger partial charge in [-0.2, -0.15) is 0 Å². The highest BCUT2D eigenvalue weighted by Gasteiger charge is 2.52. The van der Waals surface area contributed by atoms with E-state index in [4.69, 9.17) is 8.83 Å². The summed E-state index contributed by atoms with van der Waals surface area (Å²) in [7, 11) is -4.44. The summed E-state index contributed by atoms with van der Waals surface area (Å²) in [5.41, 5.74) is 29.9. The van der Waals surface area contributed by atoms with Gasteiger partial charge in [0.2, 0.25) is 0 Å². The van der Waals surface area contributed by atoms with Crippen LogP contribution in [0.2, 0.25) is 58.9 Å². The van der Waals surface area contributed by atoms with Gasteiger partial charge in [0.1, 0.15) is 22.3 Å². The number of hydrogen-bond acceptors (Lipinski definition) is 5. The van der Waals surface area contributed by atoms with Gasteiger partial charge in [-0.3, -0.25) is 0 Å². The number of rotatable bonds is 15. The van der Waals surface area contributed by atoms with E-state index in [1.807, 2.05) is 6.07 Å². The first-order valence-electron chi connectivity index (χ1n) is 48.2. The summed E-state index contributed by atoms with van der Waals surface area (Å²) in [5.74, 6) is 0. The monoisotopic (exact) mass is 1960 g/mol. The molecule has 0 bridgehead atoms. The molecule has 18 aromatic carbocycles. The van der Waals surface area contributed by atoms with Crippen LogP contribution in [-0.2, 0) is 27.1 Å². The minimum absolute atomic E-state index is 0.00306. The van der Waals surface area contributed by atoms with Gasteiger partial charge in [0.25, 0.3) is 0 Å². The van der Waals surface area contributed by atoms with Crippen molar-refractivity contribution in [2.45, 2.75) is 148 Å². The van der Waals surface area contributed by atoms with Crippen LogP contribution in [-0.4, -0.2) is 24.2 Å². The fourth-order valence-corrected chi connectivity index (χ4v) is 25.9. The molecule has 20 aromatic rings. The van der Waals surface area contributed by atoms with Crippen LogP contribution in [0.3, 0.4) is 0 Å². The zero-order valence-corrected chi connectivity index (χ0v) is 88.1. The number of anilines is 8. The highest BCUT2D eigenvalue weighted by molar-refractivity contribution is 9.11. The van der Waals surface area contributed by atoms with E-state index in [1.54, 1.807) is 0 Å². The maximum absolute atomic E-state index is 7.52. The molecule has 0 saturated heterocycles. The molecule has 0 atom stereocenters. The summed E-state index contributed by atoms with van der Waals surface area (Å²) >= 11 is 7.94. The Morgan fingerprint density at radius 1 is 0.255 bits per heavy atom. The summed E-state index contributed by atoms with van der Waals surface area (Å²) in [6, 6.07) is 144. The molecule has 0 amide bonds. The third-order valence-electron chi connectivity index (χ3n) is 28.4. The molecule has 5 nitrogen and oxygen atoms in total. The lowest BCUT2D eigenvalue weighted by molar-refractivity contribution is 0.590. The van der Waals surface area contributed by atoms with Crippen molar-refractivity contribution in [1.29, 1.82) is 0 Å². The van der Waals surface area contributed by atoms with Crippen molar-refractivity contribution in [3.63, 3.8) is 0 Å². The Hall–Kier alpha value is -12.9. The molecule has 10 heteroatoms. The van der Waals surface area contributed by atoms with Crippen LogP contribution in [0.1, 0.15) is 124 Å². The Kier molecular flexibility index (Phi) is 23.6. The van der Waals surface area contributed by atoms with Crippen LogP contribution in [0, 0.1) is 0 Å². The Bertz CT molecular complexity index is 7680. The molecule has 0 aliphatic heterocycles. The van der Waals surface area contributed by atoms with Crippen molar-refractivity contribution in [2.24, 2.45) is 0 Å². The van der Waals surface area contributed by atoms with Crippen LogP contribution < -0.4 is 30.7 Å². The van der Waals surface area contributed by atoms with Crippen molar-refractivity contribution >= 4 is 183 Å². The van der Waals surface area contributed by atoms with E-state index >= 15 is 0 Å². The molecule has 0 fully saturated rings. The van der Waals surface area contributed by atoms with E-state index < -0.39 is 35.1 Å². The Morgan fingerprint density at radius 3 is 0.912 bits per heavy atom. The number of nitrogens with zero attached hydrogens (tertiary/aromatic N) is 2. The maximum atomic E-state index is 7.52. The van der Waals surface area contributed by atoms with Crippen LogP contribution in [0.15, 0.2) is 406 Å². The molecule has 0 unspecified atom stereocenters. The first-order chi connectivity index (χ1) is 65.6. The van der Waals surface area contributed by atoms with Crippen LogP contribution in [0.25, 0.3) is 87.7 Å². The van der Waals surface area contributed by atoms with Gasteiger partial charge in [0.05, 0.1) is 51.8 Å². The van der Waals surface area contributed by atoms with Gasteiger partial charge < -0.3 is 24.0 Å². The Balaban J connectivity index is 0.000000160. The number of halogens is 2. The molecule has 2 aliphatic rings. The number of para-hydroxylation sites is 2. The lowest BCUT2D eigenvalue weighted by Gasteiger charge is -2.36. The Morgan fingerprint density at radius 2 is 0.526 bits per heavy atom. The number of hydrogen-bond donors (Lipinski definition) is 1. The van der Waals surface area contributed by atoms with E-state index in [0.717, 1.165) is 104 Å². The molecule has 2 aliphatic carbocycles. The maximum Gasteiger partial charge on any atom is 0.145 e. The molecule has 137 heavy (non-hydrogen) atoms. The van der Waals surface area contributed by atoms with Gasteiger partial charge in [-0.05, 0) is 214 Å². The third kappa shape index (κ3) is 16.5. The van der Waals surface area contributed by atoms with Gasteiger partial charge in [-0.25, -0.2) is 0 Å².